The number of halogens is 2. The molecule has 0 saturated carbocycles. The van der Waals surface area contributed by atoms with Crippen LogP contribution in [0.25, 0.3) is 0 Å². The third kappa shape index (κ3) is 5.75. The van der Waals surface area contributed by atoms with Crippen LogP contribution in [0.5, 0.6) is 11.5 Å². The molecule has 0 fully saturated rings. The molecule has 0 unspecified atom stereocenters. The summed E-state index contributed by atoms with van der Waals surface area (Å²) in [5, 5.41) is 0.548. The van der Waals surface area contributed by atoms with E-state index in [1.54, 1.807) is 13.2 Å². The summed E-state index contributed by atoms with van der Waals surface area (Å²) in [6.45, 7) is 8.12. The van der Waals surface area contributed by atoms with Crippen LogP contribution in [-0.2, 0) is 0 Å². The molecule has 1 aromatic carbocycles. The van der Waals surface area contributed by atoms with Gasteiger partial charge < -0.3 is 32.5 Å². The van der Waals surface area contributed by atoms with Gasteiger partial charge in [-0.1, -0.05) is 25.4 Å². The fourth-order valence-electron chi connectivity index (χ4n) is 1.92. The van der Waals surface area contributed by atoms with Gasteiger partial charge in [0.1, 0.15) is 5.69 Å². The van der Waals surface area contributed by atoms with Gasteiger partial charge in [-0.15, -0.1) is 0 Å². The van der Waals surface area contributed by atoms with Crippen LogP contribution >= 0.6 is 11.6 Å². The zero-order valence-corrected chi connectivity index (χ0v) is 13.9. The number of hydrogen-bond donors (Lipinski definition) is 1. The molecule has 4 nitrogen and oxygen atoms in total. The van der Waals surface area contributed by atoms with Crippen molar-refractivity contribution < 1.29 is 27.6 Å². The summed E-state index contributed by atoms with van der Waals surface area (Å²) in [5.74, 6) is 1.25. The summed E-state index contributed by atoms with van der Waals surface area (Å²) in [7, 11) is 1.61. The first-order chi connectivity index (χ1) is 9.12. The Hall–Kier alpha value is -0.680. The first-order valence-corrected chi connectivity index (χ1v) is 7.04. The predicted octanol–water partition coefficient (Wildman–Crippen LogP) is -0.663. The second kappa shape index (κ2) is 10.1. The number of hydrogen-bond acceptors (Lipinski definition) is 3. The van der Waals surface area contributed by atoms with Gasteiger partial charge in [0.2, 0.25) is 0 Å². The number of quaternary nitrogens is 1. The Kier molecular flexibility index (Phi) is 9.76. The minimum absolute atomic E-state index is 0. The van der Waals surface area contributed by atoms with Crippen molar-refractivity contribution in [1.82, 2.24) is 4.90 Å². The van der Waals surface area contributed by atoms with E-state index in [4.69, 9.17) is 21.1 Å². The van der Waals surface area contributed by atoms with Crippen LogP contribution in [0.15, 0.2) is 12.1 Å². The molecule has 3 N–H and O–H groups in total. The number of ether oxygens (including phenoxy) is 2. The van der Waals surface area contributed by atoms with Gasteiger partial charge in [0.15, 0.2) is 11.5 Å². The summed E-state index contributed by atoms with van der Waals surface area (Å²) in [4.78, 5) is 2.36. The third-order valence-electron chi connectivity index (χ3n) is 3.05. The zero-order chi connectivity index (χ0) is 14.3. The van der Waals surface area contributed by atoms with Gasteiger partial charge in [-0.2, -0.15) is 0 Å². The van der Waals surface area contributed by atoms with Gasteiger partial charge in [-0.25, -0.2) is 0 Å². The molecule has 6 heteroatoms. The molecule has 1 rings (SSSR count). The number of methoxy groups -OCH3 is 1. The molecular formula is C14H24Cl2N2O2. The number of rotatable bonds is 8. The lowest BCUT2D eigenvalue weighted by molar-refractivity contribution is -0.254. The van der Waals surface area contributed by atoms with Crippen molar-refractivity contribution in [2.45, 2.75) is 20.3 Å². The molecule has 1 aromatic rings. The summed E-state index contributed by atoms with van der Waals surface area (Å²) in [5.41, 5.74) is 4.66. The van der Waals surface area contributed by atoms with Gasteiger partial charge in [-0.05, 0) is 19.5 Å². The minimum atomic E-state index is 0. The third-order valence-corrected chi connectivity index (χ3v) is 3.33. The molecule has 0 amide bonds. The lowest BCUT2D eigenvalue weighted by Crippen LogP contribution is -3.00. The quantitative estimate of drug-likeness (QED) is 0.646. The molecule has 0 radical (unpaired) electrons. The maximum Gasteiger partial charge on any atom is 0.180 e. The van der Waals surface area contributed by atoms with Gasteiger partial charge in [0, 0.05) is 18.7 Å². The predicted molar refractivity (Wildman–Crippen MR) is 78.5 cm³/mol. The van der Waals surface area contributed by atoms with Crippen LogP contribution < -0.4 is 27.6 Å². The zero-order valence-electron chi connectivity index (χ0n) is 12.4. The highest BCUT2D eigenvalue weighted by molar-refractivity contribution is 6.32. The number of benzene rings is 1. The van der Waals surface area contributed by atoms with E-state index in [1.807, 2.05) is 6.07 Å². The molecular weight excluding hydrogens is 299 g/mol. The second-order valence-electron chi connectivity index (χ2n) is 4.34. The highest BCUT2D eigenvalue weighted by Gasteiger charge is 2.12. The highest BCUT2D eigenvalue weighted by Crippen LogP contribution is 2.36. The Labute approximate surface area is 132 Å². The topological polar surface area (TPSA) is 49.3 Å². The Morgan fingerprint density at radius 2 is 1.90 bits per heavy atom. The minimum Gasteiger partial charge on any atom is -1.00 e. The van der Waals surface area contributed by atoms with E-state index in [1.165, 1.54) is 0 Å². The van der Waals surface area contributed by atoms with Gasteiger partial charge in [-0.3, -0.25) is 0 Å². The largest absolute Gasteiger partial charge is 1.00 e. The van der Waals surface area contributed by atoms with Crippen LogP contribution in [-0.4, -0.2) is 38.3 Å². The van der Waals surface area contributed by atoms with Crippen LogP contribution in [0, 0.1) is 0 Å². The summed E-state index contributed by atoms with van der Waals surface area (Å²) in [6.07, 6.45) is 0.966. The fraction of sp³-hybridized carbons (Fsp3) is 0.571. The van der Waals surface area contributed by atoms with Crippen molar-refractivity contribution in [2.75, 3.05) is 33.4 Å². The summed E-state index contributed by atoms with van der Waals surface area (Å²) >= 11 is 6.15. The molecule has 0 atom stereocenters. The SMILES string of the molecule is CCN(CC)CCCOc1c(Cl)cc([NH3+])cc1OC.[Cl-]. The van der Waals surface area contributed by atoms with Crippen molar-refractivity contribution in [3.05, 3.63) is 17.2 Å². The second-order valence-corrected chi connectivity index (χ2v) is 4.75. The molecule has 116 valence electrons. The maximum absolute atomic E-state index is 6.15. The molecule has 0 bridgehead atoms. The molecule has 0 aliphatic heterocycles. The maximum atomic E-state index is 6.15. The van der Waals surface area contributed by atoms with Gasteiger partial charge in [0.05, 0.1) is 18.7 Å². The van der Waals surface area contributed by atoms with Crippen molar-refractivity contribution in [3.8, 4) is 11.5 Å². The van der Waals surface area contributed by atoms with Crippen LogP contribution in [0.1, 0.15) is 20.3 Å². The summed E-state index contributed by atoms with van der Waals surface area (Å²) in [6, 6.07) is 3.61. The van der Waals surface area contributed by atoms with Crippen molar-refractivity contribution >= 4 is 17.3 Å². The van der Waals surface area contributed by atoms with Gasteiger partial charge >= 0.3 is 0 Å². The van der Waals surface area contributed by atoms with E-state index in [-0.39, 0.29) is 12.4 Å². The normalized spacial score (nSPS) is 10.3. The molecule has 0 saturated heterocycles. The number of nitrogens with zero attached hydrogens (tertiary/aromatic N) is 1. The Balaban J connectivity index is 0.00000361. The smallest absolute Gasteiger partial charge is 0.180 e. The molecule has 0 heterocycles. The van der Waals surface area contributed by atoms with E-state index in [9.17, 15) is 0 Å². The Morgan fingerprint density at radius 1 is 1.25 bits per heavy atom. The average Bonchev–Trinajstić information content (AvgIpc) is 2.40. The summed E-state index contributed by atoms with van der Waals surface area (Å²) < 4.78 is 11.0. The standard InChI is InChI=1S/C14H23ClN2O2.ClH/c1-4-17(5-2)7-6-8-19-14-12(15)9-11(16)10-13(14)18-3;/h9-10H,4-8,16H2,1-3H3;1H. The van der Waals surface area contributed by atoms with E-state index < -0.39 is 0 Å². The molecule has 0 aliphatic rings. The first kappa shape index (κ1) is 19.3. The van der Waals surface area contributed by atoms with Crippen LogP contribution in [0.2, 0.25) is 5.02 Å². The fourth-order valence-corrected chi connectivity index (χ4v) is 2.20. The average molecular weight is 323 g/mol. The molecule has 0 spiro atoms. The Bertz CT molecular complexity index is 399. The van der Waals surface area contributed by atoms with E-state index in [2.05, 4.69) is 24.5 Å². The lowest BCUT2D eigenvalue weighted by Gasteiger charge is -2.18. The molecule has 0 aromatic heterocycles. The highest BCUT2D eigenvalue weighted by atomic mass is 35.5. The van der Waals surface area contributed by atoms with Crippen molar-refractivity contribution in [3.63, 3.8) is 0 Å². The van der Waals surface area contributed by atoms with Crippen LogP contribution in [0.4, 0.5) is 5.69 Å². The van der Waals surface area contributed by atoms with E-state index in [0.29, 0.717) is 23.1 Å². The lowest BCUT2D eigenvalue weighted by atomic mass is 10.3. The van der Waals surface area contributed by atoms with Crippen molar-refractivity contribution in [2.24, 2.45) is 0 Å². The van der Waals surface area contributed by atoms with E-state index in [0.717, 1.165) is 31.7 Å². The molecule has 20 heavy (non-hydrogen) atoms. The van der Waals surface area contributed by atoms with E-state index >= 15 is 0 Å². The Morgan fingerprint density at radius 3 is 2.45 bits per heavy atom. The van der Waals surface area contributed by atoms with Crippen molar-refractivity contribution in [1.29, 1.82) is 0 Å². The van der Waals surface area contributed by atoms with Gasteiger partial charge in [0.25, 0.3) is 0 Å². The monoisotopic (exact) mass is 322 g/mol. The first-order valence-electron chi connectivity index (χ1n) is 6.67. The van der Waals surface area contributed by atoms with Crippen LogP contribution in [0.3, 0.4) is 0 Å². The molecule has 0 aliphatic carbocycles.